The zero-order chi connectivity index (χ0) is 14.5. The van der Waals surface area contributed by atoms with E-state index >= 15 is 0 Å². The van der Waals surface area contributed by atoms with E-state index in [0.717, 1.165) is 5.56 Å². The molecule has 1 aromatic carbocycles. The second kappa shape index (κ2) is 6.16. The number of amides is 2. The summed E-state index contributed by atoms with van der Waals surface area (Å²) in [5, 5.41) is 16.9. The van der Waals surface area contributed by atoms with Crippen LogP contribution in [-0.4, -0.2) is 42.0 Å². The van der Waals surface area contributed by atoms with Gasteiger partial charge in [-0.2, -0.15) is 0 Å². The molecule has 0 bridgehead atoms. The third-order valence-corrected chi connectivity index (χ3v) is 3.00. The SMILES string of the molecule is O=C1CNC(C(=O)NCc2ccc(C(=O)O)cc2)CN1. The Morgan fingerprint density at radius 1 is 1.30 bits per heavy atom. The summed E-state index contributed by atoms with van der Waals surface area (Å²) in [6, 6.07) is 5.84. The van der Waals surface area contributed by atoms with Gasteiger partial charge in [-0.3, -0.25) is 14.9 Å². The summed E-state index contributed by atoms with van der Waals surface area (Å²) in [6.45, 7) is 0.707. The molecule has 1 saturated heterocycles. The molecule has 1 heterocycles. The number of carbonyl (C=O) groups excluding carboxylic acids is 2. The molecule has 0 aliphatic carbocycles. The van der Waals surface area contributed by atoms with Crippen molar-refractivity contribution < 1.29 is 19.5 Å². The van der Waals surface area contributed by atoms with E-state index in [0.29, 0.717) is 6.54 Å². The van der Waals surface area contributed by atoms with E-state index in [1.54, 1.807) is 12.1 Å². The van der Waals surface area contributed by atoms with Crippen molar-refractivity contribution in [1.82, 2.24) is 16.0 Å². The molecule has 1 atom stereocenters. The molecule has 0 aromatic heterocycles. The van der Waals surface area contributed by atoms with E-state index in [2.05, 4.69) is 16.0 Å². The van der Waals surface area contributed by atoms with Gasteiger partial charge in [-0.1, -0.05) is 12.1 Å². The molecule has 1 fully saturated rings. The number of carboxylic acids is 1. The summed E-state index contributed by atoms with van der Waals surface area (Å²) >= 11 is 0. The van der Waals surface area contributed by atoms with Gasteiger partial charge in [0.1, 0.15) is 6.04 Å². The smallest absolute Gasteiger partial charge is 0.335 e. The molecule has 20 heavy (non-hydrogen) atoms. The van der Waals surface area contributed by atoms with E-state index in [4.69, 9.17) is 5.11 Å². The first kappa shape index (κ1) is 14.0. The molecule has 1 aliphatic heterocycles. The van der Waals surface area contributed by atoms with Gasteiger partial charge in [0.25, 0.3) is 0 Å². The number of hydrogen-bond acceptors (Lipinski definition) is 4. The maximum absolute atomic E-state index is 11.8. The molecule has 0 spiro atoms. The third kappa shape index (κ3) is 3.55. The number of hydrogen-bond donors (Lipinski definition) is 4. The number of rotatable bonds is 4. The van der Waals surface area contributed by atoms with Gasteiger partial charge in [0.2, 0.25) is 11.8 Å². The Morgan fingerprint density at radius 2 is 2.00 bits per heavy atom. The van der Waals surface area contributed by atoms with Crippen LogP contribution in [0.25, 0.3) is 0 Å². The Kier molecular flexibility index (Phi) is 4.31. The first-order valence-corrected chi connectivity index (χ1v) is 6.16. The minimum absolute atomic E-state index is 0.127. The first-order chi connectivity index (χ1) is 9.56. The lowest BCUT2D eigenvalue weighted by Crippen LogP contribution is -2.57. The summed E-state index contributed by atoms with van der Waals surface area (Å²) in [5.74, 6) is -1.31. The topological polar surface area (TPSA) is 108 Å². The predicted molar refractivity (Wildman–Crippen MR) is 70.0 cm³/mol. The predicted octanol–water partition coefficient (Wildman–Crippen LogP) is -0.911. The molecule has 2 rings (SSSR count). The maximum Gasteiger partial charge on any atom is 0.335 e. The molecule has 4 N–H and O–H groups in total. The average Bonchev–Trinajstić information content (AvgIpc) is 2.46. The van der Waals surface area contributed by atoms with Crippen molar-refractivity contribution in [2.75, 3.05) is 13.1 Å². The molecule has 106 valence electrons. The molecule has 1 aromatic rings. The zero-order valence-corrected chi connectivity index (χ0v) is 10.7. The van der Waals surface area contributed by atoms with Gasteiger partial charge in [-0.05, 0) is 17.7 Å². The number of aromatic carboxylic acids is 1. The summed E-state index contributed by atoms with van der Waals surface area (Å²) < 4.78 is 0. The van der Waals surface area contributed by atoms with E-state index in [1.807, 2.05) is 0 Å². The van der Waals surface area contributed by atoms with Crippen molar-refractivity contribution in [2.45, 2.75) is 12.6 Å². The summed E-state index contributed by atoms with van der Waals surface area (Å²) in [5.41, 5.74) is 1.01. The molecule has 7 heteroatoms. The Labute approximate surface area is 115 Å². The highest BCUT2D eigenvalue weighted by Gasteiger charge is 2.23. The summed E-state index contributed by atoms with van der Waals surface area (Å²) in [4.78, 5) is 33.5. The van der Waals surface area contributed by atoms with Crippen LogP contribution in [0.3, 0.4) is 0 Å². The van der Waals surface area contributed by atoms with Crippen LogP contribution in [0.2, 0.25) is 0 Å². The lowest BCUT2D eigenvalue weighted by Gasteiger charge is -2.23. The first-order valence-electron chi connectivity index (χ1n) is 6.16. The van der Waals surface area contributed by atoms with Crippen LogP contribution in [-0.2, 0) is 16.1 Å². The van der Waals surface area contributed by atoms with Crippen molar-refractivity contribution in [3.05, 3.63) is 35.4 Å². The quantitative estimate of drug-likeness (QED) is 0.570. The highest BCUT2D eigenvalue weighted by atomic mass is 16.4. The number of carbonyl (C=O) groups is 3. The van der Waals surface area contributed by atoms with Crippen LogP contribution in [0.4, 0.5) is 0 Å². The van der Waals surface area contributed by atoms with Crippen LogP contribution in [0.5, 0.6) is 0 Å². The Bertz CT molecular complexity index is 517. The maximum atomic E-state index is 11.8. The highest BCUT2D eigenvalue weighted by Crippen LogP contribution is 2.04. The average molecular weight is 277 g/mol. The normalized spacial score (nSPS) is 18.2. The number of nitrogens with one attached hydrogen (secondary N) is 3. The molecular formula is C13H15N3O4. The van der Waals surface area contributed by atoms with Gasteiger partial charge in [-0.15, -0.1) is 0 Å². The van der Waals surface area contributed by atoms with Crippen molar-refractivity contribution >= 4 is 17.8 Å². The molecule has 1 unspecified atom stereocenters. The van der Waals surface area contributed by atoms with Gasteiger partial charge >= 0.3 is 5.97 Å². The van der Waals surface area contributed by atoms with E-state index in [1.165, 1.54) is 12.1 Å². The van der Waals surface area contributed by atoms with Crippen LogP contribution in [0, 0.1) is 0 Å². The fourth-order valence-electron chi connectivity index (χ4n) is 1.83. The van der Waals surface area contributed by atoms with Crippen LogP contribution < -0.4 is 16.0 Å². The molecule has 7 nitrogen and oxygen atoms in total. The van der Waals surface area contributed by atoms with Crippen molar-refractivity contribution in [3.63, 3.8) is 0 Å². The second-order valence-corrected chi connectivity index (χ2v) is 4.46. The Hall–Kier alpha value is -2.41. The van der Waals surface area contributed by atoms with Gasteiger partial charge in [-0.25, -0.2) is 4.79 Å². The Morgan fingerprint density at radius 3 is 2.55 bits per heavy atom. The molecule has 1 aliphatic rings. The van der Waals surface area contributed by atoms with Crippen molar-refractivity contribution in [3.8, 4) is 0 Å². The second-order valence-electron chi connectivity index (χ2n) is 4.46. The minimum Gasteiger partial charge on any atom is -0.478 e. The number of piperazine rings is 1. The number of benzene rings is 1. The van der Waals surface area contributed by atoms with E-state index < -0.39 is 12.0 Å². The minimum atomic E-state index is -0.984. The van der Waals surface area contributed by atoms with Gasteiger partial charge in [0.05, 0.1) is 12.1 Å². The molecular weight excluding hydrogens is 262 g/mol. The fourth-order valence-corrected chi connectivity index (χ4v) is 1.83. The highest BCUT2D eigenvalue weighted by molar-refractivity contribution is 5.88. The summed E-state index contributed by atoms with van der Waals surface area (Å²) in [7, 11) is 0. The molecule has 0 saturated carbocycles. The standard InChI is InChI=1S/C13H15N3O4/c17-11-7-14-10(6-15-11)12(18)16-5-8-1-3-9(4-2-8)13(19)20/h1-4,10,14H,5-7H2,(H,15,17)(H,16,18)(H,19,20). The van der Waals surface area contributed by atoms with Gasteiger partial charge in [0, 0.05) is 13.1 Å². The third-order valence-electron chi connectivity index (χ3n) is 3.00. The molecule has 0 radical (unpaired) electrons. The van der Waals surface area contributed by atoms with Gasteiger partial charge in [0.15, 0.2) is 0 Å². The largest absolute Gasteiger partial charge is 0.478 e. The monoisotopic (exact) mass is 277 g/mol. The zero-order valence-electron chi connectivity index (χ0n) is 10.7. The van der Waals surface area contributed by atoms with Crippen LogP contribution in [0.1, 0.15) is 15.9 Å². The fraction of sp³-hybridized carbons (Fsp3) is 0.308. The lowest BCUT2D eigenvalue weighted by molar-refractivity contribution is -0.126. The Balaban J connectivity index is 1.84. The van der Waals surface area contributed by atoms with Crippen LogP contribution >= 0.6 is 0 Å². The van der Waals surface area contributed by atoms with Crippen molar-refractivity contribution in [2.24, 2.45) is 0 Å². The molecule has 2 amide bonds. The van der Waals surface area contributed by atoms with E-state index in [-0.39, 0.29) is 30.5 Å². The number of carboxylic acid groups (broad SMARTS) is 1. The summed E-state index contributed by atoms with van der Waals surface area (Å²) in [6.07, 6.45) is 0. The lowest BCUT2D eigenvalue weighted by atomic mass is 10.1. The van der Waals surface area contributed by atoms with Crippen LogP contribution in [0.15, 0.2) is 24.3 Å². The van der Waals surface area contributed by atoms with Crippen molar-refractivity contribution in [1.29, 1.82) is 0 Å². The van der Waals surface area contributed by atoms with E-state index in [9.17, 15) is 14.4 Å². The van der Waals surface area contributed by atoms with Gasteiger partial charge < -0.3 is 15.7 Å².